The van der Waals surface area contributed by atoms with E-state index in [4.69, 9.17) is 14.6 Å². The van der Waals surface area contributed by atoms with Crippen LogP contribution in [0.25, 0.3) is 11.4 Å². The maximum Gasteiger partial charge on any atom is 0.378 e. The summed E-state index contributed by atoms with van der Waals surface area (Å²) in [5.41, 5.74) is 0.605. The van der Waals surface area contributed by atoms with Crippen molar-refractivity contribution < 1.29 is 24.2 Å². The van der Waals surface area contributed by atoms with Crippen LogP contribution in [0.2, 0.25) is 0 Å². The van der Waals surface area contributed by atoms with Gasteiger partial charge in [0.1, 0.15) is 11.5 Å². The highest BCUT2D eigenvalue weighted by Crippen LogP contribution is 2.35. The van der Waals surface area contributed by atoms with Crippen LogP contribution >= 0.6 is 0 Å². The zero-order valence-corrected chi connectivity index (χ0v) is 9.54. The summed E-state index contributed by atoms with van der Waals surface area (Å²) in [6.07, 6.45) is 1.19. The Bertz CT molecular complexity index is 677. The summed E-state index contributed by atoms with van der Waals surface area (Å²) in [4.78, 5) is 28.5. The average molecular weight is 260 g/mol. The van der Waals surface area contributed by atoms with Crippen molar-refractivity contribution in [2.45, 2.75) is 0 Å². The molecule has 96 valence electrons. The van der Waals surface area contributed by atoms with Crippen molar-refractivity contribution >= 4 is 11.8 Å². The predicted octanol–water partition coefficient (Wildman–Crippen LogP) is 1.07. The van der Waals surface area contributed by atoms with Crippen LogP contribution in [0.4, 0.5) is 0 Å². The van der Waals surface area contributed by atoms with Crippen LogP contribution < -0.4 is 9.47 Å². The third-order valence-corrected chi connectivity index (χ3v) is 2.66. The normalized spacial score (nSPS) is 12.4. The fourth-order valence-electron chi connectivity index (χ4n) is 1.74. The maximum atomic E-state index is 11.3. The molecule has 19 heavy (non-hydrogen) atoms. The number of ketones is 1. The van der Waals surface area contributed by atoms with Crippen LogP contribution in [0.15, 0.2) is 24.4 Å². The number of fused-ring (bicyclic) bond motifs is 1. The fraction of sp³-hybridized carbons (Fsp3) is 0.0833. The quantitative estimate of drug-likeness (QED) is 0.632. The molecule has 0 spiro atoms. The largest absolute Gasteiger partial charge is 0.475 e. The van der Waals surface area contributed by atoms with Gasteiger partial charge in [-0.1, -0.05) is 0 Å². The number of aromatic nitrogens is 2. The number of rotatable bonds is 3. The van der Waals surface area contributed by atoms with E-state index in [1.165, 1.54) is 6.20 Å². The Morgan fingerprint density at radius 1 is 1.26 bits per heavy atom. The van der Waals surface area contributed by atoms with Crippen molar-refractivity contribution in [2.75, 3.05) is 6.79 Å². The number of nitrogens with zero attached hydrogens (tertiary/aromatic N) is 1. The zero-order chi connectivity index (χ0) is 13.4. The molecular formula is C12H8N2O5. The molecule has 0 unspecified atom stereocenters. The zero-order valence-electron chi connectivity index (χ0n) is 9.54. The van der Waals surface area contributed by atoms with Gasteiger partial charge < -0.3 is 19.6 Å². The number of hydrogen-bond donors (Lipinski definition) is 2. The van der Waals surface area contributed by atoms with Gasteiger partial charge in [0.15, 0.2) is 11.5 Å². The summed E-state index contributed by atoms with van der Waals surface area (Å²) >= 11 is 0. The van der Waals surface area contributed by atoms with Crippen LogP contribution in [0.5, 0.6) is 11.5 Å². The van der Waals surface area contributed by atoms with Crippen molar-refractivity contribution in [1.29, 1.82) is 0 Å². The van der Waals surface area contributed by atoms with Gasteiger partial charge >= 0.3 is 5.97 Å². The second kappa shape index (κ2) is 4.13. The number of aliphatic carboxylic acids is 1. The highest BCUT2D eigenvalue weighted by atomic mass is 16.7. The standard InChI is InChI=1S/C12H8N2O5/c15-10(12(16)17)7-4-13-11(14-7)6-1-2-8-9(3-6)19-5-18-8/h1-4H,5H2,(H,13,14)(H,16,17). The Hall–Kier alpha value is -2.83. The van der Waals surface area contributed by atoms with E-state index in [1.54, 1.807) is 18.2 Å². The lowest BCUT2D eigenvalue weighted by atomic mass is 10.2. The Morgan fingerprint density at radius 2 is 2.05 bits per heavy atom. The minimum Gasteiger partial charge on any atom is -0.475 e. The van der Waals surface area contributed by atoms with E-state index in [0.717, 1.165) is 0 Å². The van der Waals surface area contributed by atoms with Crippen molar-refractivity contribution in [3.05, 3.63) is 30.1 Å². The van der Waals surface area contributed by atoms with Gasteiger partial charge in [-0.05, 0) is 18.2 Å². The lowest BCUT2D eigenvalue weighted by Gasteiger charge is -1.99. The van der Waals surface area contributed by atoms with Gasteiger partial charge in [0.2, 0.25) is 6.79 Å². The number of imidazole rings is 1. The van der Waals surface area contributed by atoms with Gasteiger partial charge in [-0.15, -0.1) is 0 Å². The molecule has 7 heteroatoms. The third kappa shape index (κ3) is 1.90. The van der Waals surface area contributed by atoms with Crippen LogP contribution in [0, 0.1) is 0 Å². The molecule has 0 radical (unpaired) electrons. The topological polar surface area (TPSA) is 102 Å². The van der Waals surface area contributed by atoms with E-state index in [1.807, 2.05) is 0 Å². The molecule has 0 aliphatic carbocycles. The number of H-pyrrole nitrogens is 1. The van der Waals surface area contributed by atoms with Crippen LogP contribution in [0.1, 0.15) is 10.5 Å². The second-order valence-corrected chi connectivity index (χ2v) is 3.85. The molecular weight excluding hydrogens is 252 g/mol. The van der Waals surface area contributed by atoms with Gasteiger partial charge in [0.25, 0.3) is 5.78 Å². The Kier molecular flexibility index (Phi) is 2.45. The van der Waals surface area contributed by atoms with Crippen LogP contribution in [-0.4, -0.2) is 33.6 Å². The van der Waals surface area contributed by atoms with Gasteiger partial charge in [0, 0.05) is 5.56 Å². The Balaban J connectivity index is 1.95. The molecule has 0 bridgehead atoms. The first-order valence-electron chi connectivity index (χ1n) is 5.38. The van der Waals surface area contributed by atoms with Gasteiger partial charge in [-0.2, -0.15) is 0 Å². The van der Waals surface area contributed by atoms with Crippen molar-refractivity contribution in [1.82, 2.24) is 9.97 Å². The Morgan fingerprint density at radius 3 is 2.84 bits per heavy atom. The molecule has 0 fully saturated rings. The first-order valence-corrected chi connectivity index (χ1v) is 5.38. The van der Waals surface area contributed by atoms with Crippen molar-refractivity contribution in [2.24, 2.45) is 0 Å². The molecule has 1 aliphatic rings. The molecule has 3 rings (SSSR count). The average Bonchev–Trinajstić information content (AvgIpc) is 3.05. The number of ether oxygens (including phenoxy) is 2. The number of carboxylic acid groups (broad SMARTS) is 1. The molecule has 1 aromatic carbocycles. The number of carboxylic acids is 1. The monoisotopic (exact) mass is 260 g/mol. The summed E-state index contributed by atoms with van der Waals surface area (Å²) < 4.78 is 10.4. The molecule has 0 amide bonds. The fourth-order valence-corrected chi connectivity index (χ4v) is 1.74. The van der Waals surface area contributed by atoms with Crippen molar-refractivity contribution in [3.8, 4) is 22.9 Å². The summed E-state index contributed by atoms with van der Waals surface area (Å²) in [6, 6.07) is 5.16. The molecule has 1 aromatic heterocycles. The van der Waals surface area contributed by atoms with Gasteiger partial charge in [-0.3, -0.25) is 4.79 Å². The first kappa shape index (κ1) is 11.3. The van der Waals surface area contributed by atoms with E-state index in [9.17, 15) is 9.59 Å². The van der Waals surface area contributed by atoms with E-state index in [2.05, 4.69) is 9.97 Å². The van der Waals surface area contributed by atoms with E-state index in [0.29, 0.717) is 22.9 Å². The number of hydrogen-bond acceptors (Lipinski definition) is 5. The predicted molar refractivity (Wildman–Crippen MR) is 62.1 cm³/mol. The number of Topliss-reactive ketones (excluding diaryl/α,β-unsaturated/α-hetero) is 1. The van der Waals surface area contributed by atoms with E-state index in [-0.39, 0.29) is 12.5 Å². The Labute approximate surface area is 106 Å². The van der Waals surface area contributed by atoms with Crippen molar-refractivity contribution in [3.63, 3.8) is 0 Å². The lowest BCUT2D eigenvalue weighted by Crippen LogP contribution is -2.12. The van der Waals surface area contributed by atoms with Gasteiger partial charge in [-0.25, -0.2) is 9.78 Å². The number of carbonyl (C=O) groups excluding carboxylic acids is 1. The first-order chi connectivity index (χ1) is 9.15. The summed E-state index contributed by atoms with van der Waals surface area (Å²) in [5, 5.41) is 8.61. The molecule has 0 saturated heterocycles. The SMILES string of the molecule is O=C(O)C(=O)c1cnc(-c2ccc3c(c2)OCO3)[nH]1. The minimum absolute atomic E-state index is 0.0693. The summed E-state index contributed by atoms with van der Waals surface area (Å²) in [6.45, 7) is 0.166. The summed E-state index contributed by atoms with van der Waals surface area (Å²) in [7, 11) is 0. The molecule has 7 nitrogen and oxygen atoms in total. The highest BCUT2D eigenvalue weighted by molar-refractivity contribution is 6.39. The molecule has 2 aromatic rings. The minimum atomic E-state index is -1.53. The van der Waals surface area contributed by atoms with Crippen LogP contribution in [0.3, 0.4) is 0 Å². The smallest absolute Gasteiger partial charge is 0.378 e. The number of aromatic amines is 1. The second-order valence-electron chi connectivity index (χ2n) is 3.85. The lowest BCUT2D eigenvalue weighted by molar-refractivity contribution is -0.131. The molecule has 2 heterocycles. The molecule has 0 saturated carbocycles. The third-order valence-electron chi connectivity index (χ3n) is 2.66. The molecule has 1 aliphatic heterocycles. The van der Waals surface area contributed by atoms with E-state index < -0.39 is 11.8 Å². The molecule has 0 atom stereocenters. The number of benzene rings is 1. The summed E-state index contributed by atoms with van der Waals surface area (Å²) in [5.74, 6) is -0.944. The van der Waals surface area contributed by atoms with Gasteiger partial charge in [0.05, 0.1) is 6.20 Å². The maximum absolute atomic E-state index is 11.3. The molecule has 2 N–H and O–H groups in total. The number of carbonyl (C=O) groups is 2. The number of nitrogens with one attached hydrogen (secondary N) is 1. The highest BCUT2D eigenvalue weighted by Gasteiger charge is 2.19. The van der Waals surface area contributed by atoms with Crippen LogP contribution in [-0.2, 0) is 4.79 Å². The van der Waals surface area contributed by atoms with E-state index >= 15 is 0 Å².